The highest BCUT2D eigenvalue weighted by atomic mass is 79.9. The SMILES string of the molecule is Oc1c(C(F)(F)F)cc(CBr)nc1C(F)F. The number of aromatic hydroxyl groups is 1. The molecule has 0 bridgehead atoms. The van der Waals surface area contributed by atoms with Gasteiger partial charge in [-0.05, 0) is 6.07 Å². The molecule has 0 radical (unpaired) electrons. The molecule has 0 unspecified atom stereocenters. The van der Waals surface area contributed by atoms with Crippen LogP contribution >= 0.6 is 15.9 Å². The molecule has 0 aliphatic rings. The van der Waals surface area contributed by atoms with Crippen LogP contribution in [-0.4, -0.2) is 10.1 Å². The molecule has 1 rings (SSSR count). The maximum Gasteiger partial charge on any atom is 0.420 e. The molecular weight excluding hydrogens is 301 g/mol. The van der Waals surface area contributed by atoms with Gasteiger partial charge in [-0.3, -0.25) is 0 Å². The van der Waals surface area contributed by atoms with Crippen LogP contribution < -0.4 is 0 Å². The zero-order valence-electron chi connectivity index (χ0n) is 7.52. The first kappa shape index (κ1) is 13.1. The van der Waals surface area contributed by atoms with E-state index in [1.54, 1.807) is 0 Å². The van der Waals surface area contributed by atoms with Crippen LogP contribution in [0.4, 0.5) is 22.0 Å². The largest absolute Gasteiger partial charge is 0.505 e. The Balaban J connectivity index is 3.44. The number of halogens is 6. The Morgan fingerprint density at radius 3 is 2.31 bits per heavy atom. The van der Waals surface area contributed by atoms with Crippen LogP contribution in [0.15, 0.2) is 6.07 Å². The van der Waals surface area contributed by atoms with E-state index in [0.29, 0.717) is 6.07 Å². The first-order chi connectivity index (χ1) is 7.27. The lowest BCUT2D eigenvalue weighted by molar-refractivity contribution is -0.139. The first-order valence-electron chi connectivity index (χ1n) is 3.91. The number of nitrogens with zero attached hydrogens (tertiary/aromatic N) is 1. The second-order valence-electron chi connectivity index (χ2n) is 2.83. The molecule has 1 aromatic rings. The van der Waals surface area contributed by atoms with E-state index in [0.717, 1.165) is 0 Å². The summed E-state index contributed by atoms with van der Waals surface area (Å²) in [5.74, 6) is -1.52. The maximum atomic E-state index is 12.4. The van der Waals surface area contributed by atoms with Gasteiger partial charge in [-0.25, -0.2) is 13.8 Å². The summed E-state index contributed by atoms with van der Waals surface area (Å²) in [4.78, 5) is 3.22. The van der Waals surface area contributed by atoms with Gasteiger partial charge in [0.2, 0.25) is 0 Å². The second kappa shape index (κ2) is 4.52. The van der Waals surface area contributed by atoms with Crippen molar-refractivity contribution >= 4 is 15.9 Å². The van der Waals surface area contributed by atoms with Gasteiger partial charge in [0.05, 0.1) is 5.69 Å². The molecule has 0 spiro atoms. The summed E-state index contributed by atoms with van der Waals surface area (Å²) in [7, 11) is 0. The summed E-state index contributed by atoms with van der Waals surface area (Å²) in [6.45, 7) is 0. The normalized spacial score (nSPS) is 12.2. The molecule has 8 heteroatoms. The molecule has 0 amide bonds. The fourth-order valence-corrected chi connectivity index (χ4v) is 1.34. The summed E-state index contributed by atoms with van der Waals surface area (Å²) in [5, 5.41) is 8.92. The molecule has 0 saturated heterocycles. The molecule has 0 atom stereocenters. The zero-order chi connectivity index (χ0) is 12.5. The first-order valence-corrected chi connectivity index (χ1v) is 5.03. The lowest BCUT2D eigenvalue weighted by Gasteiger charge is -2.13. The van der Waals surface area contributed by atoms with Crippen LogP contribution in [0.25, 0.3) is 0 Å². The highest BCUT2D eigenvalue weighted by Gasteiger charge is 2.37. The van der Waals surface area contributed by atoms with Crippen molar-refractivity contribution in [3.8, 4) is 5.75 Å². The van der Waals surface area contributed by atoms with Crippen molar-refractivity contribution in [2.75, 3.05) is 0 Å². The summed E-state index contributed by atoms with van der Waals surface area (Å²) in [5.41, 5.74) is -2.99. The molecule has 0 fully saturated rings. The van der Waals surface area contributed by atoms with Gasteiger partial charge in [0, 0.05) is 5.33 Å². The number of alkyl halides is 6. The van der Waals surface area contributed by atoms with Gasteiger partial charge in [0.25, 0.3) is 6.43 Å². The number of hydrogen-bond acceptors (Lipinski definition) is 2. The van der Waals surface area contributed by atoms with Crippen molar-refractivity contribution in [3.63, 3.8) is 0 Å². The van der Waals surface area contributed by atoms with Crippen LogP contribution in [0.5, 0.6) is 5.75 Å². The van der Waals surface area contributed by atoms with Gasteiger partial charge < -0.3 is 5.11 Å². The van der Waals surface area contributed by atoms with E-state index < -0.39 is 29.6 Å². The van der Waals surface area contributed by atoms with Crippen molar-refractivity contribution in [1.29, 1.82) is 0 Å². The minimum Gasteiger partial charge on any atom is -0.505 e. The standard InChI is InChI=1S/C8H5BrF5NO/c9-2-3-1-4(8(12,13)14)6(16)5(15-3)7(10)11/h1,7,16H,2H2. The maximum absolute atomic E-state index is 12.4. The quantitative estimate of drug-likeness (QED) is 0.668. The molecule has 1 heterocycles. The van der Waals surface area contributed by atoms with Crippen molar-refractivity contribution < 1.29 is 27.1 Å². The predicted molar refractivity (Wildman–Crippen MR) is 48.5 cm³/mol. The van der Waals surface area contributed by atoms with Gasteiger partial charge in [0.15, 0.2) is 5.75 Å². The highest BCUT2D eigenvalue weighted by molar-refractivity contribution is 9.08. The molecule has 16 heavy (non-hydrogen) atoms. The Bertz CT molecular complexity index is 393. The zero-order valence-corrected chi connectivity index (χ0v) is 9.11. The molecule has 1 N–H and O–H groups in total. The molecule has 0 saturated carbocycles. The summed E-state index contributed by atoms with van der Waals surface area (Å²) in [6.07, 6.45) is -8.16. The van der Waals surface area contributed by atoms with E-state index in [9.17, 15) is 22.0 Å². The van der Waals surface area contributed by atoms with E-state index in [1.165, 1.54) is 0 Å². The number of hydrogen-bond donors (Lipinski definition) is 1. The minimum absolute atomic E-state index is 0.115. The van der Waals surface area contributed by atoms with Crippen LogP contribution in [0.3, 0.4) is 0 Å². The summed E-state index contributed by atoms with van der Waals surface area (Å²) >= 11 is 2.81. The van der Waals surface area contributed by atoms with Crippen LogP contribution in [0, 0.1) is 0 Å². The average molecular weight is 306 g/mol. The van der Waals surface area contributed by atoms with E-state index in [-0.39, 0.29) is 11.0 Å². The Morgan fingerprint density at radius 1 is 1.38 bits per heavy atom. The topological polar surface area (TPSA) is 33.1 Å². The van der Waals surface area contributed by atoms with Crippen LogP contribution in [0.1, 0.15) is 23.4 Å². The van der Waals surface area contributed by atoms with Crippen molar-refractivity contribution in [2.45, 2.75) is 17.9 Å². The van der Waals surface area contributed by atoms with E-state index in [2.05, 4.69) is 20.9 Å². The van der Waals surface area contributed by atoms with Gasteiger partial charge in [-0.15, -0.1) is 0 Å². The monoisotopic (exact) mass is 305 g/mol. The van der Waals surface area contributed by atoms with Gasteiger partial charge in [-0.1, -0.05) is 15.9 Å². The van der Waals surface area contributed by atoms with Crippen molar-refractivity contribution in [3.05, 3.63) is 23.0 Å². The van der Waals surface area contributed by atoms with Crippen LogP contribution in [0.2, 0.25) is 0 Å². The fourth-order valence-electron chi connectivity index (χ4n) is 1.05. The molecule has 0 aliphatic heterocycles. The Labute approximate surface area is 95.2 Å². The molecule has 0 aromatic carbocycles. The lowest BCUT2D eigenvalue weighted by Crippen LogP contribution is -2.09. The van der Waals surface area contributed by atoms with Gasteiger partial charge in [0.1, 0.15) is 11.3 Å². The number of rotatable bonds is 2. The molecule has 1 aromatic heterocycles. The Hall–Kier alpha value is -0.920. The van der Waals surface area contributed by atoms with Crippen molar-refractivity contribution in [1.82, 2.24) is 4.98 Å². The van der Waals surface area contributed by atoms with Gasteiger partial charge in [-0.2, -0.15) is 13.2 Å². The lowest BCUT2D eigenvalue weighted by atomic mass is 10.1. The van der Waals surface area contributed by atoms with E-state index in [1.807, 2.05) is 0 Å². The third-order valence-corrected chi connectivity index (χ3v) is 2.30. The predicted octanol–water partition coefficient (Wildman–Crippen LogP) is 3.64. The summed E-state index contributed by atoms with van der Waals surface area (Å²) < 4.78 is 61.7. The summed E-state index contributed by atoms with van der Waals surface area (Å²) in [6, 6.07) is 0.524. The number of pyridine rings is 1. The number of aromatic nitrogens is 1. The van der Waals surface area contributed by atoms with Crippen molar-refractivity contribution in [2.24, 2.45) is 0 Å². The average Bonchev–Trinajstić information content (AvgIpc) is 2.15. The smallest absolute Gasteiger partial charge is 0.420 e. The molecule has 2 nitrogen and oxygen atoms in total. The van der Waals surface area contributed by atoms with Gasteiger partial charge >= 0.3 is 6.18 Å². The Kier molecular flexibility index (Phi) is 3.72. The highest BCUT2D eigenvalue weighted by Crippen LogP contribution is 2.40. The molecule has 0 aliphatic carbocycles. The minimum atomic E-state index is -4.90. The molecule has 90 valence electrons. The molecular formula is C8H5BrF5NO. The fraction of sp³-hybridized carbons (Fsp3) is 0.375. The second-order valence-corrected chi connectivity index (χ2v) is 3.39. The van der Waals surface area contributed by atoms with E-state index >= 15 is 0 Å². The van der Waals surface area contributed by atoms with Crippen LogP contribution in [-0.2, 0) is 11.5 Å². The van der Waals surface area contributed by atoms with E-state index in [4.69, 9.17) is 5.11 Å². The third-order valence-electron chi connectivity index (χ3n) is 1.72. The Morgan fingerprint density at radius 2 is 1.94 bits per heavy atom. The third kappa shape index (κ3) is 2.60.